The standard InChI is InChI=1S/C8H7NO.C7H4F2O3/c10-8-5-6-3-1-2-4-7(6)9-8;8-7(9)11-5-2-1-4(10)3-6(5)12-7/h1-4H,5H2,(H,9,10);1-3,10H. The van der Waals surface area contributed by atoms with E-state index in [-0.39, 0.29) is 23.2 Å². The second kappa shape index (κ2) is 5.18. The van der Waals surface area contributed by atoms with E-state index in [1.54, 1.807) is 0 Å². The Morgan fingerprint density at radius 1 is 1.09 bits per heavy atom. The maximum absolute atomic E-state index is 12.3. The van der Waals surface area contributed by atoms with Crippen molar-refractivity contribution in [1.29, 1.82) is 0 Å². The molecule has 0 aliphatic carbocycles. The van der Waals surface area contributed by atoms with Crippen molar-refractivity contribution in [1.82, 2.24) is 0 Å². The predicted molar refractivity (Wildman–Crippen MR) is 73.1 cm³/mol. The van der Waals surface area contributed by atoms with E-state index in [0.717, 1.165) is 17.3 Å². The van der Waals surface area contributed by atoms with Gasteiger partial charge in [0.05, 0.1) is 6.42 Å². The SMILES string of the molecule is O=C1Cc2ccccc2N1.Oc1ccc2c(c1)OC(F)(F)O2. The summed E-state index contributed by atoms with van der Waals surface area (Å²) in [5, 5.41) is 11.6. The lowest BCUT2D eigenvalue weighted by atomic mass is 10.2. The number of nitrogens with one attached hydrogen (secondary N) is 1. The lowest BCUT2D eigenvalue weighted by molar-refractivity contribution is -0.286. The van der Waals surface area contributed by atoms with Crippen LogP contribution in [-0.4, -0.2) is 17.3 Å². The summed E-state index contributed by atoms with van der Waals surface area (Å²) in [6.45, 7) is 0. The summed E-state index contributed by atoms with van der Waals surface area (Å²) in [7, 11) is 0. The summed E-state index contributed by atoms with van der Waals surface area (Å²) in [6, 6.07) is 11.3. The number of para-hydroxylation sites is 1. The van der Waals surface area contributed by atoms with E-state index in [1.165, 1.54) is 12.1 Å². The molecule has 0 spiro atoms. The average Bonchev–Trinajstić information content (AvgIpc) is 2.95. The number of carbonyl (C=O) groups excluding carboxylic acids is 1. The first-order valence-corrected chi connectivity index (χ1v) is 6.39. The van der Waals surface area contributed by atoms with Crippen LogP contribution in [0.15, 0.2) is 42.5 Å². The van der Waals surface area contributed by atoms with Crippen molar-refractivity contribution in [2.24, 2.45) is 0 Å². The first-order chi connectivity index (χ1) is 10.4. The van der Waals surface area contributed by atoms with Crippen LogP contribution in [0.3, 0.4) is 0 Å². The van der Waals surface area contributed by atoms with E-state index in [9.17, 15) is 13.6 Å². The van der Waals surface area contributed by atoms with Crippen molar-refractivity contribution in [2.75, 3.05) is 5.32 Å². The molecule has 0 saturated heterocycles. The van der Waals surface area contributed by atoms with Crippen LogP contribution in [0.5, 0.6) is 17.2 Å². The summed E-state index contributed by atoms with van der Waals surface area (Å²) in [5.74, 6) is -0.269. The zero-order valence-corrected chi connectivity index (χ0v) is 11.2. The van der Waals surface area contributed by atoms with Crippen LogP contribution in [0, 0.1) is 0 Å². The minimum Gasteiger partial charge on any atom is -0.508 e. The zero-order chi connectivity index (χ0) is 15.7. The van der Waals surface area contributed by atoms with Gasteiger partial charge in [-0.15, -0.1) is 8.78 Å². The van der Waals surface area contributed by atoms with Gasteiger partial charge < -0.3 is 19.9 Å². The number of hydrogen-bond donors (Lipinski definition) is 2. The van der Waals surface area contributed by atoms with Gasteiger partial charge in [-0.25, -0.2) is 0 Å². The van der Waals surface area contributed by atoms with Crippen LogP contribution in [0.25, 0.3) is 0 Å². The Morgan fingerprint density at radius 2 is 1.82 bits per heavy atom. The number of carbonyl (C=O) groups is 1. The Balaban J connectivity index is 0.000000133. The molecule has 0 bridgehead atoms. The van der Waals surface area contributed by atoms with Gasteiger partial charge in [-0.1, -0.05) is 18.2 Å². The Kier molecular flexibility index (Phi) is 3.32. The quantitative estimate of drug-likeness (QED) is 0.785. The Morgan fingerprint density at radius 3 is 2.59 bits per heavy atom. The highest BCUT2D eigenvalue weighted by atomic mass is 19.3. The van der Waals surface area contributed by atoms with Gasteiger partial charge in [-0.2, -0.15) is 0 Å². The molecule has 2 heterocycles. The minimum absolute atomic E-state index is 0.0715. The molecule has 0 radical (unpaired) electrons. The number of fused-ring (bicyclic) bond motifs is 2. The minimum atomic E-state index is -3.61. The van der Waals surface area contributed by atoms with Crippen LogP contribution in [0.4, 0.5) is 14.5 Å². The lowest BCUT2D eigenvalue weighted by Gasteiger charge is -2.04. The molecule has 2 aliphatic heterocycles. The van der Waals surface area contributed by atoms with Gasteiger partial charge in [-0.05, 0) is 23.8 Å². The van der Waals surface area contributed by atoms with E-state index in [1.807, 2.05) is 24.3 Å². The third-order valence-corrected chi connectivity index (χ3v) is 3.03. The normalized spacial score (nSPS) is 16.4. The van der Waals surface area contributed by atoms with Gasteiger partial charge in [0.25, 0.3) is 0 Å². The van der Waals surface area contributed by atoms with E-state index in [2.05, 4.69) is 14.8 Å². The largest absolute Gasteiger partial charge is 0.586 e. The highest BCUT2D eigenvalue weighted by Crippen LogP contribution is 2.42. The van der Waals surface area contributed by atoms with Crippen molar-refractivity contribution in [3.8, 4) is 17.2 Å². The van der Waals surface area contributed by atoms with Gasteiger partial charge in [-0.3, -0.25) is 4.79 Å². The molecule has 0 atom stereocenters. The molecular weight excluding hydrogens is 296 g/mol. The molecule has 0 saturated carbocycles. The van der Waals surface area contributed by atoms with Crippen molar-refractivity contribution >= 4 is 11.6 Å². The second-order valence-electron chi connectivity index (χ2n) is 4.68. The van der Waals surface area contributed by atoms with Crippen LogP contribution in [-0.2, 0) is 11.2 Å². The molecule has 2 aliphatic rings. The molecule has 0 fully saturated rings. The topological polar surface area (TPSA) is 67.8 Å². The Labute approximate surface area is 124 Å². The number of hydrogen-bond acceptors (Lipinski definition) is 4. The number of alkyl halides is 2. The molecule has 1 amide bonds. The second-order valence-corrected chi connectivity index (χ2v) is 4.68. The first kappa shape index (κ1) is 14.1. The van der Waals surface area contributed by atoms with E-state index >= 15 is 0 Å². The summed E-state index contributed by atoms with van der Waals surface area (Å²) in [5.41, 5.74) is 2.07. The van der Waals surface area contributed by atoms with Crippen LogP contribution in [0.2, 0.25) is 0 Å². The summed E-state index contributed by atoms with van der Waals surface area (Å²) in [6.07, 6.45) is -3.08. The van der Waals surface area contributed by atoms with Crippen LogP contribution < -0.4 is 14.8 Å². The monoisotopic (exact) mass is 307 g/mol. The molecule has 2 aromatic carbocycles. The number of rotatable bonds is 0. The number of ether oxygens (including phenoxy) is 2. The first-order valence-electron chi connectivity index (χ1n) is 6.39. The molecule has 22 heavy (non-hydrogen) atoms. The summed E-state index contributed by atoms with van der Waals surface area (Å²) in [4.78, 5) is 10.8. The number of anilines is 1. The maximum Gasteiger partial charge on any atom is 0.586 e. The number of phenols is 1. The number of amides is 1. The van der Waals surface area contributed by atoms with Crippen molar-refractivity contribution in [3.63, 3.8) is 0 Å². The lowest BCUT2D eigenvalue weighted by Crippen LogP contribution is -2.25. The maximum atomic E-state index is 12.3. The molecule has 0 aromatic heterocycles. The Hall–Kier alpha value is -2.83. The molecule has 114 valence electrons. The van der Waals surface area contributed by atoms with E-state index in [0.29, 0.717) is 6.42 Å². The van der Waals surface area contributed by atoms with Crippen molar-refractivity contribution in [2.45, 2.75) is 12.7 Å². The number of benzene rings is 2. The molecule has 7 heteroatoms. The fourth-order valence-electron chi connectivity index (χ4n) is 2.10. The van der Waals surface area contributed by atoms with Crippen molar-refractivity contribution in [3.05, 3.63) is 48.0 Å². The fourth-order valence-corrected chi connectivity index (χ4v) is 2.10. The molecule has 0 unspecified atom stereocenters. The third kappa shape index (κ3) is 2.93. The summed E-state index contributed by atoms with van der Waals surface area (Å²) < 4.78 is 32.8. The molecular formula is C15H11F2NO4. The molecule has 2 N–H and O–H groups in total. The third-order valence-electron chi connectivity index (χ3n) is 3.03. The van der Waals surface area contributed by atoms with Crippen LogP contribution >= 0.6 is 0 Å². The van der Waals surface area contributed by atoms with E-state index < -0.39 is 6.29 Å². The van der Waals surface area contributed by atoms with Crippen molar-refractivity contribution < 1.29 is 28.2 Å². The van der Waals surface area contributed by atoms with Gasteiger partial charge in [0.15, 0.2) is 11.5 Å². The van der Waals surface area contributed by atoms with Gasteiger partial charge >= 0.3 is 6.29 Å². The molecule has 4 rings (SSSR count). The smallest absolute Gasteiger partial charge is 0.508 e. The Bertz CT molecular complexity index is 706. The molecule has 5 nitrogen and oxygen atoms in total. The van der Waals surface area contributed by atoms with Gasteiger partial charge in [0.2, 0.25) is 5.91 Å². The summed E-state index contributed by atoms with van der Waals surface area (Å²) >= 11 is 0. The average molecular weight is 307 g/mol. The zero-order valence-electron chi connectivity index (χ0n) is 11.2. The van der Waals surface area contributed by atoms with Gasteiger partial charge in [0, 0.05) is 11.8 Å². The molecule has 2 aromatic rings. The highest BCUT2D eigenvalue weighted by molar-refractivity contribution is 5.98. The highest BCUT2D eigenvalue weighted by Gasteiger charge is 2.43. The van der Waals surface area contributed by atoms with Crippen LogP contribution in [0.1, 0.15) is 5.56 Å². The predicted octanol–water partition coefficient (Wildman–Crippen LogP) is 2.89. The number of halogens is 2. The van der Waals surface area contributed by atoms with E-state index in [4.69, 9.17) is 5.11 Å². The van der Waals surface area contributed by atoms with Gasteiger partial charge in [0.1, 0.15) is 5.75 Å². The fraction of sp³-hybridized carbons (Fsp3) is 0.133. The number of aromatic hydroxyl groups is 1. The number of phenolic OH excluding ortho intramolecular Hbond substituents is 1.